The van der Waals surface area contributed by atoms with Crippen LogP contribution in [0.5, 0.6) is 0 Å². The van der Waals surface area contributed by atoms with Gasteiger partial charge in [-0.3, -0.25) is 14.1 Å². The lowest BCUT2D eigenvalue weighted by atomic mass is 10.3. The molecule has 0 aliphatic heterocycles. The molecule has 0 aliphatic rings. The molecule has 4 nitrogen and oxygen atoms in total. The van der Waals surface area contributed by atoms with E-state index in [1.807, 2.05) is 19.2 Å². The standard InChI is InChI=1S/C14H19N3OS/c1-5-16(7-10(2)3)8-12-6-13(18)17-11(4)9-19-14(17)15-12/h6,9H,2,5,7-8H2,1,3-4H3. The fourth-order valence-corrected chi connectivity index (χ4v) is 2.96. The summed E-state index contributed by atoms with van der Waals surface area (Å²) in [6.45, 7) is 12.4. The maximum atomic E-state index is 12.1. The Morgan fingerprint density at radius 2 is 2.32 bits per heavy atom. The van der Waals surface area contributed by atoms with E-state index in [4.69, 9.17) is 0 Å². The zero-order chi connectivity index (χ0) is 14.0. The number of likely N-dealkylation sites (N-methyl/N-ethyl adjacent to an activating group) is 1. The Balaban J connectivity index is 2.30. The largest absolute Gasteiger partial charge is 0.294 e. The van der Waals surface area contributed by atoms with E-state index in [0.717, 1.165) is 35.0 Å². The Labute approximate surface area is 117 Å². The number of hydrogen-bond donors (Lipinski definition) is 0. The number of thiazole rings is 1. The average Bonchev–Trinajstić information content (AvgIpc) is 2.70. The van der Waals surface area contributed by atoms with E-state index in [2.05, 4.69) is 23.4 Å². The summed E-state index contributed by atoms with van der Waals surface area (Å²) in [7, 11) is 0. The maximum absolute atomic E-state index is 12.1. The zero-order valence-corrected chi connectivity index (χ0v) is 12.5. The smallest absolute Gasteiger partial charge is 0.259 e. The van der Waals surface area contributed by atoms with Crippen molar-refractivity contribution in [1.29, 1.82) is 0 Å². The molecular formula is C14H19N3OS. The van der Waals surface area contributed by atoms with Gasteiger partial charge in [-0.05, 0) is 20.4 Å². The average molecular weight is 277 g/mol. The highest BCUT2D eigenvalue weighted by atomic mass is 32.1. The molecule has 0 spiro atoms. The van der Waals surface area contributed by atoms with Gasteiger partial charge in [-0.2, -0.15) is 0 Å². The molecule has 0 saturated heterocycles. The summed E-state index contributed by atoms with van der Waals surface area (Å²) in [5.41, 5.74) is 2.89. The summed E-state index contributed by atoms with van der Waals surface area (Å²) < 4.78 is 1.66. The summed E-state index contributed by atoms with van der Waals surface area (Å²) in [5, 5.41) is 1.96. The van der Waals surface area contributed by atoms with Crippen molar-refractivity contribution in [2.45, 2.75) is 27.3 Å². The molecule has 19 heavy (non-hydrogen) atoms. The highest BCUT2D eigenvalue weighted by molar-refractivity contribution is 7.15. The van der Waals surface area contributed by atoms with Crippen LogP contribution < -0.4 is 5.56 Å². The topological polar surface area (TPSA) is 37.6 Å². The van der Waals surface area contributed by atoms with E-state index in [-0.39, 0.29) is 5.56 Å². The number of aryl methyl sites for hydroxylation is 1. The number of hydrogen-bond acceptors (Lipinski definition) is 4. The Kier molecular flexibility index (Phi) is 4.17. The molecule has 0 amide bonds. The number of aromatic nitrogens is 2. The predicted molar refractivity (Wildman–Crippen MR) is 79.8 cm³/mol. The van der Waals surface area contributed by atoms with Gasteiger partial charge in [0.05, 0.1) is 5.69 Å². The molecule has 0 N–H and O–H groups in total. The second-order valence-corrected chi connectivity index (χ2v) is 5.68. The summed E-state index contributed by atoms with van der Waals surface area (Å²) in [6, 6.07) is 1.63. The van der Waals surface area contributed by atoms with Crippen LogP contribution in [0.2, 0.25) is 0 Å². The fraction of sp³-hybridized carbons (Fsp3) is 0.429. The van der Waals surface area contributed by atoms with Crippen LogP contribution in [0.1, 0.15) is 25.2 Å². The van der Waals surface area contributed by atoms with E-state index in [9.17, 15) is 4.79 Å². The number of fused-ring (bicyclic) bond motifs is 1. The van der Waals surface area contributed by atoms with Crippen LogP contribution in [0.15, 0.2) is 28.4 Å². The lowest BCUT2D eigenvalue weighted by molar-refractivity contribution is 0.301. The van der Waals surface area contributed by atoms with E-state index < -0.39 is 0 Å². The zero-order valence-electron chi connectivity index (χ0n) is 11.6. The second-order valence-electron chi connectivity index (χ2n) is 4.84. The number of rotatable bonds is 5. The molecule has 2 heterocycles. The monoisotopic (exact) mass is 277 g/mol. The van der Waals surface area contributed by atoms with Crippen LogP contribution >= 0.6 is 11.3 Å². The Morgan fingerprint density at radius 1 is 1.58 bits per heavy atom. The molecular weight excluding hydrogens is 258 g/mol. The van der Waals surface area contributed by atoms with Gasteiger partial charge in [0.1, 0.15) is 0 Å². The minimum absolute atomic E-state index is 0.00475. The lowest BCUT2D eigenvalue weighted by Gasteiger charge is -2.19. The van der Waals surface area contributed by atoms with Crippen LogP contribution in [0, 0.1) is 6.92 Å². The van der Waals surface area contributed by atoms with E-state index in [0.29, 0.717) is 6.54 Å². The molecule has 0 radical (unpaired) electrons. The minimum Gasteiger partial charge on any atom is -0.294 e. The Hall–Kier alpha value is -1.46. The third-order valence-corrected chi connectivity index (χ3v) is 3.90. The molecule has 0 saturated carbocycles. The first kappa shape index (κ1) is 14.0. The molecule has 102 valence electrons. The second kappa shape index (κ2) is 5.67. The van der Waals surface area contributed by atoms with E-state index in [1.165, 1.54) is 11.3 Å². The number of nitrogens with zero attached hydrogens (tertiary/aromatic N) is 3. The molecule has 0 fully saturated rings. The van der Waals surface area contributed by atoms with Crippen LogP contribution in [0.25, 0.3) is 4.96 Å². The Morgan fingerprint density at radius 3 is 2.95 bits per heavy atom. The van der Waals surface area contributed by atoms with Gasteiger partial charge in [0.15, 0.2) is 4.96 Å². The predicted octanol–water partition coefficient (Wildman–Crippen LogP) is 2.46. The normalized spacial score (nSPS) is 11.4. The fourth-order valence-electron chi connectivity index (χ4n) is 2.07. The van der Waals surface area contributed by atoms with Crippen LogP contribution in [-0.2, 0) is 6.54 Å². The molecule has 0 atom stereocenters. The lowest BCUT2D eigenvalue weighted by Crippen LogP contribution is -2.26. The SMILES string of the molecule is C=C(C)CN(CC)Cc1cc(=O)n2c(C)csc2n1. The van der Waals surface area contributed by atoms with Crippen molar-refractivity contribution in [3.63, 3.8) is 0 Å². The molecule has 0 unspecified atom stereocenters. The van der Waals surface area contributed by atoms with Crippen molar-refractivity contribution >= 4 is 16.3 Å². The molecule has 0 aromatic carbocycles. The van der Waals surface area contributed by atoms with Crippen LogP contribution in [-0.4, -0.2) is 27.4 Å². The molecule has 2 aromatic heterocycles. The first-order valence-electron chi connectivity index (χ1n) is 6.34. The molecule has 0 bridgehead atoms. The van der Waals surface area contributed by atoms with Crippen molar-refractivity contribution in [3.8, 4) is 0 Å². The molecule has 5 heteroatoms. The van der Waals surface area contributed by atoms with E-state index >= 15 is 0 Å². The summed E-state index contributed by atoms with van der Waals surface area (Å²) in [6.07, 6.45) is 0. The van der Waals surface area contributed by atoms with E-state index in [1.54, 1.807) is 10.5 Å². The highest BCUT2D eigenvalue weighted by Gasteiger charge is 2.09. The first-order chi connectivity index (χ1) is 9.01. The van der Waals surface area contributed by atoms with Crippen molar-refractivity contribution in [1.82, 2.24) is 14.3 Å². The summed E-state index contributed by atoms with van der Waals surface area (Å²) in [4.78, 5) is 19.6. The third kappa shape index (κ3) is 3.11. The van der Waals surface area contributed by atoms with Crippen molar-refractivity contribution in [3.05, 3.63) is 45.3 Å². The van der Waals surface area contributed by atoms with Crippen molar-refractivity contribution < 1.29 is 0 Å². The molecule has 2 aromatic rings. The van der Waals surface area contributed by atoms with Crippen LogP contribution in [0.4, 0.5) is 0 Å². The van der Waals surface area contributed by atoms with Gasteiger partial charge in [-0.15, -0.1) is 11.3 Å². The van der Waals surface area contributed by atoms with Gasteiger partial charge < -0.3 is 0 Å². The van der Waals surface area contributed by atoms with Crippen molar-refractivity contribution in [2.24, 2.45) is 0 Å². The first-order valence-corrected chi connectivity index (χ1v) is 7.22. The van der Waals surface area contributed by atoms with Gasteiger partial charge >= 0.3 is 0 Å². The van der Waals surface area contributed by atoms with Gasteiger partial charge in [0.25, 0.3) is 5.56 Å². The minimum atomic E-state index is 0.00475. The highest BCUT2D eigenvalue weighted by Crippen LogP contribution is 2.12. The van der Waals surface area contributed by atoms with Gasteiger partial charge in [-0.25, -0.2) is 4.98 Å². The molecule has 2 rings (SSSR count). The van der Waals surface area contributed by atoms with Gasteiger partial charge in [-0.1, -0.05) is 19.1 Å². The third-order valence-electron chi connectivity index (χ3n) is 2.95. The quantitative estimate of drug-likeness (QED) is 0.788. The molecule has 0 aliphatic carbocycles. The van der Waals surface area contributed by atoms with Gasteiger partial charge in [0.2, 0.25) is 0 Å². The van der Waals surface area contributed by atoms with Crippen LogP contribution in [0.3, 0.4) is 0 Å². The Bertz CT molecular complexity index is 656. The maximum Gasteiger partial charge on any atom is 0.259 e. The van der Waals surface area contributed by atoms with Gasteiger partial charge in [0, 0.05) is 30.2 Å². The summed E-state index contributed by atoms with van der Waals surface area (Å²) >= 11 is 1.51. The van der Waals surface area contributed by atoms with Crippen molar-refractivity contribution in [2.75, 3.05) is 13.1 Å². The summed E-state index contributed by atoms with van der Waals surface area (Å²) in [5.74, 6) is 0.